The Hall–Kier alpha value is -1.14. The highest BCUT2D eigenvalue weighted by atomic mass is 79.9. The largest absolute Gasteiger partial charge is 0.388 e. The van der Waals surface area contributed by atoms with Gasteiger partial charge in [0.2, 0.25) is 0 Å². The van der Waals surface area contributed by atoms with Crippen molar-refractivity contribution in [2.24, 2.45) is 5.73 Å². The van der Waals surface area contributed by atoms with E-state index < -0.39 is 11.4 Å². The molecule has 4 nitrogen and oxygen atoms in total. The van der Waals surface area contributed by atoms with E-state index in [0.29, 0.717) is 24.3 Å². The Morgan fingerprint density at radius 3 is 2.84 bits per heavy atom. The van der Waals surface area contributed by atoms with Crippen LogP contribution in [0.4, 0.5) is 10.1 Å². The minimum atomic E-state index is -0.795. The highest BCUT2D eigenvalue weighted by Crippen LogP contribution is 2.32. The smallest absolute Gasteiger partial charge is 0.161 e. The van der Waals surface area contributed by atoms with Crippen molar-refractivity contribution in [1.29, 1.82) is 5.41 Å². The second-order valence-electron chi connectivity index (χ2n) is 5.20. The Labute approximate surface area is 120 Å². The zero-order chi connectivity index (χ0) is 14.2. The van der Waals surface area contributed by atoms with E-state index in [1.807, 2.05) is 4.90 Å². The third-order valence-corrected chi connectivity index (χ3v) is 4.14. The summed E-state index contributed by atoms with van der Waals surface area (Å²) in [6, 6.07) is 3.23. The number of piperidine rings is 1. The van der Waals surface area contributed by atoms with E-state index in [4.69, 9.17) is 11.1 Å². The number of halogens is 2. The molecule has 1 aromatic rings. The molecule has 1 aliphatic rings. The molecule has 1 saturated heterocycles. The molecule has 4 N–H and O–H groups in total. The van der Waals surface area contributed by atoms with Crippen LogP contribution in [0.25, 0.3) is 0 Å². The van der Waals surface area contributed by atoms with Crippen LogP contribution in [0, 0.1) is 11.2 Å². The Bertz CT molecular complexity index is 519. The van der Waals surface area contributed by atoms with Crippen molar-refractivity contribution in [1.82, 2.24) is 0 Å². The first-order valence-electron chi connectivity index (χ1n) is 6.11. The van der Waals surface area contributed by atoms with E-state index in [1.54, 1.807) is 19.1 Å². The highest BCUT2D eigenvalue weighted by molar-refractivity contribution is 9.10. The van der Waals surface area contributed by atoms with Crippen molar-refractivity contribution in [3.63, 3.8) is 0 Å². The van der Waals surface area contributed by atoms with Gasteiger partial charge < -0.3 is 15.7 Å². The summed E-state index contributed by atoms with van der Waals surface area (Å²) in [5, 5.41) is 17.5. The molecule has 1 atom stereocenters. The quantitative estimate of drug-likeness (QED) is 0.575. The van der Waals surface area contributed by atoms with Gasteiger partial charge in [-0.05, 0) is 47.8 Å². The van der Waals surface area contributed by atoms with Crippen LogP contribution in [0.1, 0.15) is 25.3 Å². The molecule has 2 rings (SSSR count). The summed E-state index contributed by atoms with van der Waals surface area (Å²) in [7, 11) is 0. The summed E-state index contributed by atoms with van der Waals surface area (Å²) < 4.78 is 14.5. The maximum Gasteiger partial charge on any atom is 0.161 e. The molecule has 0 bridgehead atoms. The maximum atomic E-state index is 14.3. The lowest BCUT2D eigenvalue weighted by Crippen LogP contribution is -2.46. The van der Waals surface area contributed by atoms with Crippen molar-refractivity contribution >= 4 is 27.5 Å². The lowest BCUT2D eigenvalue weighted by atomic mass is 9.94. The summed E-state index contributed by atoms with van der Waals surface area (Å²) in [6.45, 7) is 2.87. The summed E-state index contributed by atoms with van der Waals surface area (Å²) in [6.07, 6.45) is 1.54. The van der Waals surface area contributed by atoms with Crippen LogP contribution in [0.5, 0.6) is 0 Å². The molecular formula is C13H17BrFN3O. The van der Waals surface area contributed by atoms with Gasteiger partial charge in [-0.1, -0.05) is 0 Å². The van der Waals surface area contributed by atoms with E-state index in [2.05, 4.69) is 15.9 Å². The lowest BCUT2D eigenvalue weighted by Gasteiger charge is -2.38. The minimum absolute atomic E-state index is 0.178. The summed E-state index contributed by atoms with van der Waals surface area (Å²) in [5.74, 6) is -0.617. The molecule has 1 aliphatic heterocycles. The maximum absolute atomic E-state index is 14.3. The van der Waals surface area contributed by atoms with Crippen molar-refractivity contribution < 1.29 is 9.50 Å². The van der Waals surface area contributed by atoms with Crippen LogP contribution in [0.3, 0.4) is 0 Å². The number of nitrogens with one attached hydrogen (secondary N) is 1. The van der Waals surface area contributed by atoms with Gasteiger partial charge in [0.15, 0.2) is 5.82 Å². The number of benzene rings is 1. The van der Waals surface area contributed by atoms with Gasteiger partial charge in [-0.25, -0.2) is 4.39 Å². The first-order chi connectivity index (χ1) is 8.82. The number of nitrogens with zero attached hydrogens (tertiary/aromatic N) is 1. The van der Waals surface area contributed by atoms with E-state index >= 15 is 0 Å². The van der Waals surface area contributed by atoms with Crippen LogP contribution in [0.15, 0.2) is 16.6 Å². The molecule has 104 valence electrons. The number of amidine groups is 1. The van der Waals surface area contributed by atoms with E-state index in [1.165, 1.54) is 0 Å². The number of β-amino-alcohol motifs (C(OH)–C–C–N with tert-alkyl or cyclic N) is 1. The predicted molar refractivity (Wildman–Crippen MR) is 77.2 cm³/mol. The highest BCUT2D eigenvalue weighted by Gasteiger charge is 2.30. The molecule has 1 fully saturated rings. The monoisotopic (exact) mass is 329 g/mol. The van der Waals surface area contributed by atoms with Crippen LogP contribution >= 0.6 is 15.9 Å². The number of nitrogens with two attached hydrogens (primary N) is 1. The average Bonchev–Trinajstić information content (AvgIpc) is 2.30. The first-order valence-corrected chi connectivity index (χ1v) is 6.91. The number of hydrogen-bond acceptors (Lipinski definition) is 3. The molecule has 0 aromatic heterocycles. The van der Waals surface area contributed by atoms with Gasteiger partial charge in [0.1, 0.15) is 5.84 Å². The van der Waals surface area contributed by atoms with Crippen molar-refractivity contribution in [2.75, 3.05) is 18.0 Å². The predicted octanol–water partition coefficient (Wildman–Crippen LogP) is 2.22. The standard InChI is InChI=1S/C13H17BrFN3O/c1-13(19)5-2-6-18(7-13)9-4-3-8(12(16)17)10(14)11(9)15/h3-4,19H,2,5-7H2,1H3,(H3,16,17). The number of anilines is 1. The van der Waals surface area contributed by atoms with E-state index in [9.17, 15) is 9.50 Å². The number of nitrogen functional groups attached to an aromatic ring is 1. The molecule has 19 heavy (non-hydrogen) atoms. The minimum Gasteiger partial charge on any atom is -0.388 e. The second-order valence-corrected chi connectivity index (χ2v) is 5.99. The molecular weight excluding hydrogens is 313 g/mol. The first kappa shape index (κ1) is 14.3. The lowest BCUT2D eigenvalue weighted by molar-refractivity contribution is 0.0447. The average molecular weight is 330 g/mol. The van der Waals surface area contributed by atoms with Gasteiger partial charge >= 0.3 is 0 Å². The third-order valence-electron chi connectivity index (χ3n) is 3.37. The number of rotatable bonds is 2. The zero-order valence-corrected chi connectivity index (χ0v) is 12.3. The van der Waals surface area contributed by atoms with Crippen molar-refractivity contribution in [2.45, 2.75) is 25.4 Å². The molecule has 0 saturated carbocycles. The van der Waals surface area contributed by atoms with Gasteiger partial charge in [0.25, 0.3) is 0 Å². The molecule has 1 aromatic carbocycles. The summed E-state index contributed by atoms with van der Waals surface area (Å²) in [5.41, 5.74) is 5.36. The summed E-state index contributed by atoms with van der Waals surface area (Å²) >= 11 is 3.14. The Morgan fingerprint density at radius 1 is 1.58 bits per heavy atom. The molecule has 1 unspecified atom stereocenters. The molecule has 1 heterocycles. The van der Waals surface area contributed by atoms with Gasteiger partial charge in [0.05, 0.1) is 15.8 Å². The van der Waals surface area contributed by atoms with Gasteiger partial charge in [-0.3, -0.25) is 5.41 Å². The fourth-order valence-corrected chi connectivity index (χ4v) is 2.97. The molecule has 6 heteroatoms. The SMILES string of the molecule is CC1(O)CCCN(c2ccc(C(=N)N)c(Br)c2F)C1. The van der Waals surface area contributed by atoms with Gasteiger partial charge in [-0.15, -0.1) is 0 Å². The second kappa shape index (κ2) is 5.09. The van der Waals surface area contributed by atoms with E-state index in [-0.39, 0.29) is 10.3 Å². The number of hydrogen-bond donors (Lipinski definition) is 3. The van der Waals surface area contributed by atoms with Crippen LogP contribution in [-0.2, 0) is 0 Å². The zero-order valence-electron chi connectivity index (χ0n) is 10.7. The van der Waals surface area contributed by atoms with Crippen LogP contribution in [0.2, 0.25) is 0 Å². The van der Waals surface area contributed by atoms with Gasteiger partial charge in [0, 0.05) is 18.7 Å². The fourth-order valence-electron chi connectivity index (χ4n) is 2.42. The topological polar surface area (TPSA) is 73.3 Å². The normalized spacial score (nSPS) is 23.5. The van der Waals surface area contributed by atoms with Crippen LogP contribution in [-0.4, -0.2) is 29.6 Å². The molecule has 0 spiro atoms. The Kier molecular flexibility index (Phi) is 3.82. The Balaban J connectivity index is 2.36. The summed E-state index contributed by atoms with van der Waals surface area (Å²) in [4.78, 5) is 1.83. The molecule has 0 amide bonds. The number of aliphatic hydroxyl groups is 1. The van der Waals surface area contributed by atoms with Crippen molar-refractivity contribution in [3.8, 4) is 0 Å². The van der Waals surface area contributed by atoms with Crippen molar-refractivity contribution in [3.05, 3.63) is 28.0 Å². The molecule has 0 radical (unpaired) electrons. The fraction of sp³-hybridized carbons (Fsp3) is 0.462. The van der Waals surface area contributed by atoms with Crippen LogP contribution < -0.4 is 10.6 Å². The molecule has 0 aliphatic carbocycles. The Morgan fingerprint density at radius 2 is 2.26 bits per heavy atom. The third kappa shape index (κ3) is 2.90. The van der Waals surface area contributed by atoms with E-state index in [0.717, 1.165) is 12.8 Å². The van der Waals surface area contributed by atoms with Gasteiger partial charge in [-0.2, -0.15) is 0 Å².